The summed E-state index contributed by atoms with van der Waals surface area (Å²) in [6, 6.07) is 11.0. The summed E-state index contributed by atoms with van der Waals surface area (Å²) in [5, 5.41) is 6.77. The van der Waals surface area contributed by atoms with Gasteiger partial charge in [0.25, 0.3) is 5.56 Å². The van der Waals surface area contributed by atoms with Gasteiger partial charge in [-0.2, -0.15) is 18.3 Å². The summed E-state index contributed by atoms with van der Waals surface area (Å²) >= 11 is 0. The first kappa shape index (κ1) is 21.3. The molecule has 3 rings (SSSR count). The van der Waals surface area contributed by atoms with E-state index in [0.717, 1.165) is 51.2 Å². The van der Waals surface area contributed by atoms with Crippen LogP contribution in [0.5, 0.6) is 0 Å². The van der Waals surface area contributed by atoms with Gasteiger partial charge in [-0.3, -0.25) is 9.59 Å². The average molecular weight is 415 g/mol. The van der Waals surface area contributed by atoms with Crippen LogP contribution in [0.1, 0.15) is 22.3 Å². The van der Waals surface area contributed by atoms with Crippen LogP contribution < -0.4 is 10.9 Å². The number of hydrogen-bond acceptors (Lipinski definition) is 3. The minimum Gasteiger partial charge on any atom is -0.324 e. The molecule has 156 valence electrons. The van der Waals surface area contributed by atoms with E-state index < -0.39 is 23.2 Å². The molecule has 0 spiro atoms. The highest BCUT2D eigenvalue weighted by Crippen LogP contribution is 2.29. The minimum atomic E-state index is -4.45. The Labute approximate surface area is 171 Å². The summed E-state index contributed by atoms with van der Waals surface area (Å²) < 4.78 is 38.9. The van der Waals surface area contributed by atoms with Gasteiger partial charge in [-0.25, -0.2) is 4.68 Å². The number of aryl methyl sites for hydroxylation is 3. The number of nitrogens with zero attached hydrogens (tertiary/aromatic N) is 2. The van der Waals surface area contributed by atoms with E-state index in [2.05, 4.69) is 10.4 Å². The van der Waals surface area contributed by atoms with Crippen molar-refractivity contribution in [3.63, 3.8) is 0 Å². The number of amides is 1. The molecule has 30 heavy (non-hydrogen) atoms. The summed E-state index contributed by atoms with van der Waals surface area (Å²) in [4.78, 5) is 24.4. The summed E-state index contributed by atoms with van der Waals surface area (Å²) in [7, 11) is 0. The van der Waals surface area contributed by atoms with Gasteiger partial charge in [0.15, 0.2) is 0 Å². The Hall–Kier alpha value is -3.42. The number of nitrogens with one attached hydrogen (secondary N) is 1. The molecule has 1 N–H and O–H groups in total. The van der Waals surface area contributed by atoms with Crippen molar-refractivity contribution in [2.45, 2.75) is 33.5 Å². The van der Waals surface area contributed by atoms with Gasteiger partial charge in [0, 0.05) is 17.3 Å². The zero-order valence-corrected chi connectivity index (χ0v) is 16.7. The van der Waals surface area contributed by atoms with Crippen molar-refractivity contribution in [2.75, 3.05) is 5.32 Å². The highest BCUT2D eigenvalue weighted by atomic mass is 19.4. The number of anilines is 1. The van der Waals surface area contributed by atoms with Crippen LogP contribution in [0, 0.1) is 20.8 Å². The quantitative estimate of drug-likeness (QED) is 0.683. The van der Waals surface area contributed by atoms with Crippen LogP contribution in [0.4, 0.5) is 18.9 Å². The third-order valence-electron chi connectivity index (χ3n) is 4.77. The van der Waals surface area contributed by atoms with Gasteiger partial charge in [-0.15, -0.1) is 0 Å². The lowest BCUT2D eigenvalue weighted by Gasteiger charge is -2.12. The molecule has 1 aromatic heterocycles. The molecule has 0 atom stereocenters. The maximum atomic E-state index is 12.6. The molecule has 0 fully saturated rings. The predicted octanol–water partition coefficient (Wildman–Crippen LogP) is 4.49. The maximum absolute atomic E-state index is 12.6. The van der Waals surface area contributed by atoms with Crippen molar-refractivity contribution in [1.82, 2.24) is 9.78 Å². The fourth-order valence-electron chi connectivity index (χ4n) is 3.02. The van der Waals surface area contributed by atoms with E-state index in [1.807, 2.05) is 32.9 Å². The topological polar surface area (TPSA) is 64.0 Å². The highest BCUT2D eigenvalue weighted by molar-refractivity contribution is 5.90. The number of carbonyl (C=O) groups is 1. The number of carbonyl (C=O) groups excluding carboxylic acids is 1. The molecule has 0 bridgehead atoms. The Morgan fingerprint density at radius 1 is 0.967 bits per heavy atom. The average Bonchev–Trinajstić information content (AvgIpc) is 2.66. The fourth-order valence-corrected chi connectivity index (χ4v) is 3.02. The lowest BCUT2D eigenvalue weighted by molar-refractivity contribution is -0.137. The highest BCUT2D eigenvalue weighted by Gasteiger charge is 2.30. The predicted molar refractivity (Wildman–Crippen MR) is 108 cm³/mol. The van der Waals surface area contributed by atoms with E-state index in [9.17, 15) is 22.8 Å². The Bertz CT molecular complexity index is 1150. The van der Waals surface area contributed by atoms with Crippen molar-refractivity contribution in [3.8, 4) is 11.3 Å². The van der Waals surface area contributed by atoms with Crippen molar-refractivity contribution in [3.05, 3.63) is 81.1 Å². The lowest BCUT2D eigenvalue weighted by atomic mass is 9.99. The van der Waals surface area contributed by atoms with Crippen LogP contribution in [-0.2, 0) is 17.5 Å². The number of benzene rings is 2. The van der Waals surface area contributed by atoms with E-state index in [-0.39, 0.29) is 12.2 Å². The molecule has 8 heteroatoms. The number of rotatable bonds is 4. The van der Waals surface area contributed by atoms with Gasteiger partial charge in [-0.1, -0.05) is 6.07 Å². The zero-order valence-electron chi connectivity index (χ0n) is 16.7. The number of aromatic nitrogens is 2. The molecular weight excluding hydrogens is 395 g/mol. The molecule has 0 aliphatic heterocycles. The van der Waals surface area contributed by atoms with E-state index in [1.54, 1.807) is 6.07 Å². The Kier molecular flexibility index (Phi) is 5.78. The first-order valence-electron chi connectivity index (χ1n) is 9.18. The second-order valence-corrected chi connectivity index (χ2v) is 7.09. The molecule has 2 aromatic carbocycles. The van der Waals surface area contributed by atoms with Gasteiger partial charge in [0.05, 0.1) is 11.3 Å². The Morgan fingerprint density at radius 3 is 2.23 bits per heavy atom. The van der Waals surface area contributed by atoms with Crippen molar-refractivity contribution < 1.29 is 18.0 Å². The van der Waals surface area contributed by atoms with Gasteiger partial charge >= 0.3 is 6.18 Å². The number of hydrogen-bond donors (Lipinski definition) is 1. The smallest absolute Gasteiger partial charge is 0.324 e. The largest absolute Gasteiger partial charge is 0.416 e. The lowest BCUT2D eigenvalue weighted by Crippen LogP contribution is -2.29. The normalized spacial score (nSPS) is 11.4. The van der Waals surface area contributed by atoms with Gasteiger partial charge < -0.3 is 5.32 Å². The summed E-state index contributed by atoms with van der Waals surface area (Å²) in [6.07, 6.45) is -4.45. The molecule has 0 aliphatic carbocycles. The molecule has 0 saturated heterocycles. The third kappa shape index (κ3) is 4.76. The summed E-state index contributed by atoms with van der Waals surface area (Å²) in [5.41, 5.74) is 3.55. The summed E-state index contributed by atoms with van der Waals surface area (Å²) in [6.45, 7) is 5.56. The molecule has 1 amide bonds. The summed E-state index contributed by atoms with van der Waals surface area (Å²) in [5.74, 6) is -0.571. The SMILES string of the molecule is Cc1cc(C)c(-c2ccc(=O)n(CC(=O)Nc3ccc(C(F)(F)F)cc3)n2)cc1C. The molecule has 3 aromatic rings. The van der Waals surface area contributed by atoms with E-state index in [4.69, 9.17) is 0 Å². The van der Waals surface area contributed by atoms with Crippen molar-refractivity contribution in [2.24, 2.45) is 0 Å². The second kappa shape index (κ2) is 8.14. The van der Waals surface area contributed by atoms with Gasteiger partial charge in [0.2, 0.25) is 5.91 Å². The third-order valence-corrected chi connectivity index (χ3v) is 4.77. The van der Waals surface area contributed by atoms with E-state index in [0.29, 0.717) is 5.69 Å². The van der Waals surface area contributed by atoms with E-state index in [1.165, 1.54) is 6.07 Å². The molecule has 0 unspecified atom stereocenters. The van der Waals surface area contributed by atoms with Gasteiger partial charge in [0.1, 0.15) is 6.54 Å². The molecule has 0 radical (unpaired) electrons. The molecule has 0 aliphatic rings. The van der Waals surface area contributed by atoms with Gasteiger partial charge in [-0.05, 0) is 73.9 Å². The van der Waals surface area contributed by atoms with Crippen LogP contribution in [-0.4, -0.2) is 15.7 Å². The Balaban J connectivity index is 1.80. The maximum Gasteiger partial charge on any atom is 0.416 e. The van der Waals surface area contributed by atoms with E-state index >= 15 is 0 Å². The molecular formula is C22H20F3N3O2. The molecule has 5 nitrogen and oxygen atoms in total. The zero-order chi connectivity index (χ0) is 22.1. The second-order valence-electron chi connectivity index (χ2n) is 7.09. The number of halogens is 3. The van der Waals surface area contributed by atoms with Crippen LogP contribution in [0.15, 0.2) is 53.3 Å². The van der Waals surface area contributed by atoms with Crippen molar-refractivity contribution >= 4 is 11.6 Å². The molecule has 1 heterocycles. The first-order chi connectivity index (χ1) is 14.0. The monoisotopic (exact) mass is 415 g/mol. The number of alkyl halides is 3. The van der Waals surface area contributed by atoms with Crippen LogP contribution in [0.2, 0.25) is 0 Å². The Morgan fingerprint density at radius 2 is 1.60 bits per heavy atom. The fraction of sp³-hybridized carbons (Fsp3) is 0.227. The van der Waals surface area contributed by atoms with Crippen LogP contribution >= 0.6 is 0 Å². The van der Waals surface area contributed by atoms with Crippen LogP contribution in [0.25, 0.3) is 11.3 Å². The van der Waals surface area contributed by atoms with Crippen molar-refractivity contribution in [1.29, 1.82) is 0 Å². The first-order valence-corrected chi connectivity index (χ1v) is 9.18. The minimum absolute atomic E-state index is 0.196. The standard InChI is InChI=1S/C22H20F3N3O2/c1-13-10-15(3)18(11-14(13)2)19-8-9-21(30)28(27-19)12-20(29)26-17-6-4-16(5-7-17)22(23,24)25/h4-11H,12H2,1-3H3,(H,26,29). The van der Waals surface area contributed by atoms with Crippen LogP contribution in [0.3, 0.4) is 0 Å². The molecule has 0 saturated carbocycles.